The predicted molar refractivity (Wildman–Crippen MR) is 77.1 cm³/mol. The van der Waals surface area contributed by atoms with E-state index < -0.39 is 11.7 Å². The molecule has 3 aromatic rings. The number of hydrogen-bond acceptors (Lipinski definition) is 5. The van der Waals surface area contributed by atoms with E-state index in [0.29, 0.717) is 11.6 Å². The summed E-state index contributed by atoms with van der Waals surface area (Å²) in [7, 11) is 0. The lowest BCUT2D eigenvalue weighted by atomic mass is 10.3. The second-order valence-corrected chi connectivity index (χ2v) is 5.13. The van der Waals surface area contributed by atoms with Gasteiger partial charge in [-0.1, -0.05) is 11.6 Å². The standard InChI is InChI=1S/C13H10ClF3N6/c1-7-18-3-2-10(20-7)19-5-11-21-22-12-9(14)4-8(6-23(11)12)13(15,16)17/h2-4,6H,5H2,1H3,(H,18,19,20). The number of halogens is 4. The van der Waals surface area contributed by atoms with Crippen molar-refractivity contribution in [3.05, 3.63) is 46.8 Å². The van der Waals surface area contributed by atoms with Gasteiger partial charge in [-0.25, -0.2) is 9.97 Å². The van der Waals surface area contributed by atoms with E-state index in [1.54, 1.807) is 19.2 Å². The van der Waals surface area contributed by atoms with Gasteiger partial charge in [-0.15, -0.1) is 10.2 Å². The molecule has 6 nitrogen and oxygen atoms in total. The average Bonchev–Trinajstić information content (AvgIpc) is 2.88. The van der Waals surface area contributed by atoms with E-state index in [1.165, 1.54) is 4.40 Å². The number of anilines is 1. The smallest absolute Gasteiger partial charge is 0.363 e. The molecule has 0 aromatic carbocycles. The summed E-state index contributed by atoms with van der Waals surface area (Å²) in [6, 6.07) is 2.47. The zero-order valence-electron chi connectivity index (χ0n) is 11.8. The third-order valence-corrected chi connectivity index (χ3v) is 3.34. The largest absolute Gasteiger partial charge is 0.417 e. The summed E-state index contributed by atoms with van der Waals surface area (Å²) < 4.78 is 39.9. The van der Waals surface area contributed by atoms with Crippen molar-refractivity contribution >= 4 is 23.1 Å². The van der Waals surface area contributed by atoms with E-state index in [1.807, 2.05) is 0 Å². The fourth-order valence-electron chi connectivity index (χ4n) is 2.00. The lowest BCUT2D eigenvalue weighted by molar-refractivity contribution is -0.137. The summed E-state index contributed by atoms with van der Waals surface area (Å²) in [6.07, 6.45) is -2.01. The third-order valence-electron chi connectivity index (χ3n) is 3.06. The molecule has 0 unspecified atom stereocenters. The highest BCUT2D eigenvalue weighted by atomic mass is 35.5. The number of pyridine rings is 1. The van der Waals surface area contributed by atoms with Crippen LogP contribution in [0.15, 0.2) is 24.5 Å². The van der Waals surface area contributed by atoms with Crippen LogP contribution < -0.4 is 5.32 Å². The monoisotopic (exact) mass is 342 g/mol. The Hall–Kier alpha value is -2.42. The number of nitrogens with one attached hydrogen (secondary N) is 1. The number of fused-ring (bicyclic) bond motifs is 1. The molecule has 1 N–H and O–H groups in total. The highest BCUT2D eigenvalue weighted by molar-refractivity contribution is 6.33. The Kier molecular flexibility index (Phi) is 3.80. The van der Waals surface area contributed by atoms with Crippen molar-refractivity contribution in [2.24, 2.45) is 0 Å². The van der Waals surface area contributed by atoms with Gasteiger partial charge >= 0.3 is 6.18 Å². The van der Waals surface area contributed by atoms with Gasteiger partial charge in [0.2, 0.25) is 0 Å². The maximum atomic E-state index is 12.9. The van der Waals surface area contributed by atoms with E-state index in [9.17, 15) is 13.2 Å². The van der Waals surface area contributed by atoms with Gasteiger partial charge in [-0.3, -0.25) is 4.40 Å². The molecule has 0 radical (unpaired) electrons. The molecule has 3 heterocycles. The van der Waals surface area contributed by atoms with Crippen LogP contribution >= 0.6 is 11.6 Å². The molecular formula is C13H10ClF3N6. The minimum atomic E-state index is -4.50. The molecule has 0 fully saturated rings. The first-order valence-corrected chi connectivity index (χ1v) is 6.86. The van der Waals surface area contributed by atoms with Crippen molar-refractivity contribution in [3.63, 3.8) is 0 Å². The highest BCUT2D eigenvalue weighted by Gasteiger charge is 2.32. The van der Waals surface area contributed by atoms with Crippen LogP contribution in [0.4, 0.5) is 19.0 Å². The molecule has 0 amide bonds. The van der Waals surface area contributed by atoms with Crippen LogP contribution in [0.2, 0.25) is 5.02 Å². The fourth-order valence-corrected chi connectivity index (χ4v) is 2.25. The second-order valence-electron chi connectivity index (χ2n) is 4.73. The summed E-state index contributed by atoms with van der Waals surface area (Å²) in [4.78, 5) is 8.10. The molecule has 3 rings (SSSR count). The van der Waals surface area contributed by atoms with Crippen molar-refractivity contribution in [1.82, 2.24) is 24.6 Å². The summed E-state index contributed by atoms with van der Waals surface area (Å²) in [6.45, 7) is 1.86. The van der Waals surface area contributed by atoms with Gasteiger partial charge in [-0.2, -0.15) is 13.2 Å². The normalized spacial score (nSPS) is 11.9. The first kappa shape index (κ1) is 15.5. The zero-order valence-corrected chi connectivity index (χ0v) is 12.5. The summed E-state index contributed by atoms with van der Waals surface area (Å²) in [5, 5.41) is 10.5. The first-order valence-electron chi connectivity index (χ1n) is 6.48. The minimum Gasteiger partial charge on any atom is -0.363 e. The molecule has 0 spiro atoms. The number of rotatable bonds is 3. The van der Waals surface area contributed by atoms with Gasteiger partial charge < -0.3 is 5.32 Å². The van der Waals surface area contributed by atoms with Gasteiger partial charge in [0.15, 0.2) is 11.5 Å². The van der Waals surface area contributed by atoms with Gasteiger partial charge in [0.25, 0.3) is 0 Å². The molecule has 0 aliphatic rings. The van der Waals surface area contributed by atoms with Crippen molar-refractivity contribution < 1.29 is 13.2 Å². The lowest BCUT2D eigenvalue weighted by Gasteiger charge is -2.09. The molecule has 0 atom stereocenters. The van der Waals surface area contributed by atoms with Gasteiger partial charge in [-0.05, 0) is 19.1 Å². The molecular weight excluding hydrogens is 333 g/mol. The zero-order chi connectivity index (χ0) is 16.6. The van der Waals surface area contributed by atoms with Crippen molar-refractivity contribution in [2.45, 2.75) is 19.6 Å². The van der Waals surface area contributed by atoms with E-state index in [-0.39, 0.29) is 23.0 Å². The molecule has 120 valence electrons. The van der Waals surface area contributed by atoms with Crippen LogP contribution in [-0.4, -0.2) is 24.6 Å². The fraction of sp³-hybridized carbons (Fsp3) is 0.231. The first-order chi connectivity index (χ1) is 10.8. The molecule has 0 saturated carbocycles. The minimum absolute atomic E-state index is 0.114. The molecule has 23 heavy (non-hydrogen) atoms. The van der Waals surface area contributed by atoms with Gasteiger partial charge in [0.1, 0.15) is 11.6 Å². The van der Waals surface area contributed by atoms with Gasteiger partial charge in [0.05, 0.1) is 17.1 Å². The van der Waals surface area contributed by atoms with E-state index in [2.05, 4.69) is 25.5 Å². The number of nitrogens with zero attached hydrogens (tertiary/aromatic N) is 5. The maximum absolute atomic E-state index is 12.9. The average molecular weight is 343 g/mol. The molecule has 0 aliphatic carbocycles. The number of alkyl halides is 3. The second kappa shape index (κ2) is 5.65. The Morgan fingerprint density at radius 1 is 1.30 bits per heavy atom. The Morgan fingerprint density at radius 3 is 2.78 bits per heavy atom. The quantitative estimate of drug-likeness (QED) is 0.792. The Bertz CT molecular complexity index is 861. The van der Waals surface area contributed by atoms with E-state index >= 15 is 0 Å². The number of aryl methyl sites for hydroxylation is 1. The molecule has 0 saturated heterocycles. The van der Waals surface area contributed by atoms with Crippen LogP contribution in [0.5, 0.6) is 0 Å². The maximum Gasteiger partial charge on any atom is 0.417 e. The summed E-state index contributed by atoms with van der Waals surface area (Å²) in [5.74, 6) is 1.39. The Labute approximate surface area is 133 Å². The van der Waals surface area contributed by atoms with Crippen molar-refractivity contribution in [3.8, 4) is 0 Å². The SMILES string of the molecule is Cc1nccc(NCc2nnc3c(Cl)cc(C(F)(F)F)cn23)n1. The Morgan fingerprint density at radius 2 is 2.09 bits per heavy atom. The number of aromatic nitrogens is 5. The van der Waals surface area contributed by atoms with Crippen LogP contribution in [0, 0.1) is 6.92 Å². The van der Waals surface area contributed by atoms with Crippen LogP contribution in [0.1, 0.15) is 17.2 Å². The van der Waals surface area contributed by atoms with Crippen molar-refractivity contribution in [1.29, 1.82) is 0 Å². The molecule has 0 aliphatic heterocycles. The Balaban J connectivity index is 1.93. The van der Waals surface area contributed by atoms with Crippen molar-refractivity contribution in [2.75, 3.05) is 5.32 Å². The van der Waals surface area contributed by atoms with E-state index in [0.717, 1.165) is 12.3 Å². The number of hydrogen-bond donors (Lipinski definition) is 1. The summed E-state index contributed by atoms with van der Waals surface area (Å²) >= 11 is 5.86. The van der Waals surface area contributed by atoms with Crippen LogP contribution in [-0.2, 0) is 12.7 Å². The summed E-state index contributed by atoms with van der Waals surface area (Å²) in [5.41, 5.74) is -0.704. The third kappa shape index (κ3) is 3.19. The highest BCUT2D eigenvalue weighted by Crippen LogP contribution is 2.32. The van der Waals surface area contributed by atoms with Crippen LogP contribution in [0.25, 0.3) is 5.65 Å². The molecule has 3 aromatic heterocycles. The van der Waals surface area contributed by atoms with Crippen LogP contribution in [0.3, 0.4) is 0 Å². The topological polar surface area (TPSA) is 68.0 Å². The predicted octanol–water partition coefficient (Wildman–Crippen LogP) is 3.11. The molecule has 0 bridgehead atoms. The van der Waals surface area contributed by atoms with Gasteiger partial charge in [0, 0.05) is 12.4 Å². The molecule has 10 heteroatoms. The van der Waals surface area contributed by atoms with E-state index in [4.69, 9.17) is 11.6 Å². The lowest BCUT2D eigenvalue weighted by Crippen LogP contribution is -2.10.